The third kappa shape index (κ3) is 36.3. The fraction of sp³-hybridized carbons (Fsp3) is 0.657. The monoisotopic (exact) mass is 1830 g/mol. The zero-order chi connectivity index (χ0) is 95.0. The quantitative estimate of drug-likeness (QED) is 0.0271. The first kappa shape index (κ1) is 108. The Hall–Kier alpha value is -7.00. The van der Waals surface area contributed by atoms with Gasteiger partial charge in [0.05, 0.1) is 74.2 Å². The van der Waals surface area contributed by atoms with E-state index in [0.717, 1.165) is 220 Å². The van der Waals surface area contributed by atoms with Gasteiger partial charge in [-0.05, 0) is 272 Å². The lowest BCUT2D eigenvalue weighted by Crippen LogP contribution is -2.59. The number of likely N-dealkylation sites (tertiary alicyclic amines) is 7. The lowest BCUT2D eigenvalue weighted by atomic mass is 9.82. The second-order valence-electron chi connectivity index (χ2n) is 39.9. The van der Waals surface area contributed by atoms with Crippen molar-refractivity contribution in [1.29, 1.82) is 0 Å². The minimum atomic E-state index is -1.38. The third-order valence-electron chi connectivity index (χ3n) is 27.4. The van der Waals surface area contributed by atoms with Gasteiger partial charge >= 0.3 is 0 Å². The average Bonchev–Trinajstić information content (AvgIpc) is 0.800. The molecule has 0 spiro atoms. The molecule has 14 rings (SSSR count). The summed E-state index contributed by atoms with van der Waals surface area (Å²) in [4.78, 5) is 62.5. The maximum atomic E-state index is 13.5. The van der Waals surface area contributed by atoms with Crippen LogP contribution in [-0.4, -0.2) is 307 Å². The molecule has 130 heavy (non-hydrogen) atoms. The van der Waals surface area contributed by atoms with Crippen LogP contribution < -0.4 is 5.32 Å². The summed E-state index contributed by atoms with van der Waals surface area (Å²) in [7, 11) is 0. The molecule has 7 aliphatic rings. The van der Waals surface area contributed by atoms with E-state index in [1.807, 2.05) is 80.7 Å². The fourth-order valence-corrected chi connectivity index (χ4v) is 18.5. The largest absolute Gasteiger partial charge is 0.393 e. The van der Waals surface area contributed by atoms with Crippen LogP contribution >= 0.6 is 11.6 Å². The molecule has 7 aromatic heterocycles. The zero-order valence-corrected chi connectivity index (χ0v) is 81.9. The second-order valence-corrected chi connectivity index (χ2v) is 40.3. The molecule has 7 saturated heterocycles. The molecule has 28 heteroatoms. The SMILES string of the molecule is CC(C)N1CCC(Cc2ccccn2)(NC(=O)C(O)CO)CC1.CC(C)N1CCC(O)(Cc2cccnc2)CC1.CC(C)N1CCC(O)(Cc2cncc(F)c2)CC1.CC(C)N1CCC(O)(Cc2ncccc2Cl)CC1.CC(C)N1CCC(O)(Cc2ncccc2F)CC1.Cc1cccc(CC2(O)CCN(C(C)C)CC2)n1.Cc1cnc(CC2(O)CCN(C(C)C)CC2)cn1. The molecule has 7 fully saturated rings. The first-order valence-corrected chi connectivity index (χ1v) is 48.3. The van der Waals surface area contributed by atoms with Crippen LogP contribution in [0.5, 0.6) is 0 Å². The van der Waals surface area contributed by atoms with E-state index in [0.29, 0.717) is 104 Å². The molecule has 25 nitrogen and oxygen atoms in total. The molecule has 0 aromatic carbocycles. The number of rotatable bonds is 24. The smallest absolute Gasteiger partial charge is 0.251 e. The zero-order valence-electron chi connectivity index (χ0n) is 81.1. The first-order chi connectivity index (χ1) is 61.5. The molecule has 1 unspecified atom stereocenters. The number of nitrogens with zero attached hydrogens (tertiary/aromatic N) is 15. The van der Waals surface area contributed by atoms with Crippen LogP contribution in [0.4, 0.5) is 8.78 Å². The van der Waals surface area contributed by atoms with Gasteiger partial charge in [-0.1, -0.05) is 29.8 Å². The highest BCUT2D eigenvalue weighted by atomic mass is 35.5. The van der Waals surface area contributed by atoms with Crippen molar-refractivity contribution in [2.45, 2.75) is 333 Å². The summed E-state index contributed by atoms with van der Waals surface area (Å²) in [5.41, 5.74) is 3.56. The summed E-state index contributed by atoms with van der Waals surface area (Å²) in [5, 5.41) is 85.7. The number of aliphatic hydroxyl groups is 8. The standard InChI is InChI=1S/C17H27N3O3.C15H24N2O.C14H21ClN2O.2C14H21FN2O.C14H23N3O.C14H22N2O/c1-13(2)20-9-6-17(7-10-20,19-16(23)15(22)12-21)11-14-5-3-4-8-18-14;1-12(2)17-9-7-15(18,8-10-17)11-14-6-4-5-13(3)16-14;1-11(2)17-8-5-14(18,6-9-17)10-13-12(15)4-3-7-16-13;1-11(2)17-5-3-14(18,4-6-17)8-12-7-13(15)10-16-9-12;1-11(2)17-8-5-14(18,6-9-17)10-13-12(15)4-3-7-16-13;1-11(2)17-6-4-14(18,5-7-17)8-13-10-15-12(3)9-16-13;1-12(2)16-8-5-14(17,6-9-16)10-13-4-3-7-15-11-13/h3-5,8,13,15,21-22H,6-7,9-12H2,1-2H3,(H,19,23);4-6,12,18H,7-11H2,1-3H3;3-4,7,11,18H,5-6,8-10H2,1-2H3;7,9-11,18H,3-6,8H2,1-2H3;3-4,7,11,18H,5-6,8-10H2,1-2H3;9-11,18H,4-8H2,1-3H3;3-4,7,11-12,17H,5-6,8-10H2,1-2H3. The Balaban J connectivity index is 0.000000188. The van der Waals surface area contributed by atoms with Crippen LogP contribution in [0.3, 0.4) is 0 Å². The van der Waals surface area contributed by atoms with Gasteiger partial charge in [-0.2, -0.15) is 0 Å². The third-order valence-corrected chi connectivity index (χ3v) is 27.7. The summed E-state index contributed by atoms with van der Waals surface area (Å²) >= 11 is 6.10. The number of carbonyl (C=O) groups is 1. The number of hydrogen-bond acceptors (Lipinski definition) is 24. The van der Waals surface area contributed by atoms with Gasteiger partial charge in [-0.15, -0.1) is 0 Å². The topological polar surface area (TPSA) is 317 Å². The number of aryl methyl sites for hydroxylation is 2. The van der Waals surface area contributed by atoms with Crippen LogP contribution in [0.2, 0.25) is 5.02 Å². The van der Waals surface area contributed by atoms with Crippen LogP contribution in [0.15, 0.2) is 135 Å². The van der Waals surface area contributed by atoms with Crippen LogP contribution in [-0.2, 0) is 49.7 Å². The first-order valence-electron chi connectivity index (χ1n) is 47.9. The van der Waals surface area contributed by atoms with E-state index in [1.165, 1.54) is 18.3 Å². The number of aromatic nitrogens is 8. The number of carbonyl (C=O) groups excluding carboxylic acids is 1. The Labute approximate surface area is 780 Å². The van der Waals surface area contributed by atoms with Crippen molar-refractivity contribution in [2.75, 3.05) is 98.2 Å². The minimum Gasteiger partial charge on any atom is -0.393 e. The average molecular weight is 1830 g/mol. The van der Waals surface area contributed by atoms with Gasteiger partial charge in [0.1, 0.15) is 11.6 Å². The van der Waals surface area contributed by atoms with Crippen molar-refractivity contribution in [1.82, 2.24) is 79.5 Å². The van der Waals surface area contributed by atoms with Crippen LogP contribution in [0.25, 0.3) is 0 Å². The van der Waals surface area contributed by atoms with Gasteiger partial charge in [0, 0.05) is 251 Å². The predicted molar refractivity (Wildman–Crippen MR) is 513 cm³/mol. The van der Waals surface area contributed by atoms with Crippen LogP contribution in [0.1, 0.15) is 238 Å². The summed E-state index contributed by atoms with van der Waals surface area (Å²) in [5.74, 6) is -1.17. The van der Waals surface area contributed by atoms with Crippen LogP contribution in [0, 0.1) is 25.5 Å². The van der Waals surface area contributed by atoms with Gasteiger partial charge in [-0.25, -0.2) is 8.78 Å². The van der Waals surface area contributed by atoms with Gasteiger partial charge in [0.15, 0.2) is 6.10 Å². The van der Waals surface area contributed by atoms with Gasteiger partial charge < -0.3 is 80.5 Å². The Kier molecular flexibility index (Phi) is 43.0. The number of aliphatic hydroxyl groups excluding tert-OH is 2. The lowest BCUT2D eigenvalue weighted by molar-refractivity contribution is -0.134. The Morgan fingerprint density at radius 2 is 0.762 bits per heavy atom. The molecule has 0 bridgehead atoms. The van der Waals surface area contributed by atoms with Crippen molar-refractivity contribution in [2.24, 2.45) is 0 Å². The van der Waals surface area contributed by atoms with Crippen molar-refractivity contribution in [3.63, 3.8) is 0 Å². The van der Waals surface area contributed by atoms with E-state index in [1.54, 1.807) is 49.4 Å². The number of piperidine rings is 7. The molecule has 1 amide bonds. The highest BCUT2D eigenvalue weighted by Gasteiger charge is 2.42. The second kappa shape index (κ2) is 51.6. The molecular weight excluding hydrogens is 1670 g/mol. The minimum absolute atomic E-state index is 0.311. The maximum absolute atomic E-state index is 13.5. The Bertz CT molecular complexity index is 4220. The molecule has 1 atom stereocenters. The molecular formula is C102H159ClF2N16O9. The summed E-state index contributed by atoms with van der Waals surface area (Å²) in [6.07, 6.45) is 28.8. The molecule has 0 radical (unpaired) electrons. The lowest BCUT2D eigenvalue weighted by Gasteiger charge is -2.44. The van der Waals surface area contributed by atoms with E-state index < -0.39 is 57.8 Å². The van der Waals surface area contributed by atoms with Crippen molar-refractivity contribution in [3.05, 3.63) is 202 Å². The molecule has 0 saturated carbocycles. The Morgan fingerprint density at radius 1 is 0.377 bits per heavy atom. The van der Waals surface area contributed by atoms with Gasteiger partial charge in [-0.3, -0.25) is 44.7 Å². The maximum Gasteiger partial charge on any atom is 0.251 e. The van der Waals surface area contributed by atoms with Crippen molar-refractivity contribution < 1.29 is 54.4 Å². The van der Waals surface area contributed by atoms with Crippen molar-refractivity contribution >= 4 is 17.5 Å². The van der Waals surface area contributed by atoms with E-state index in [4.69, 9.17) is 16.7 Å². The predicted octanol–water partition coefficient (Wildman–Crippen LogP) is 12.4. The molecule has 9 N–H and O–H groups in total. The number of pyridine rings is 6. The normalized spacial score (nSPS) is 20.2. The summed E-state index contributed by atoms with van der Waals surface area (Å²) < 4.78 is 26.6. The van der Waals surface area contributed by atoms with E-state index in [2.05, 4.69) is 176 Å². The molecule has 7 aromatic rings. The molecule has 7 aliphatic heterocycles. The van der Waals surface area contributed by atoms with Gasteiger partial charge in [0.25, 0.3) is 5.91 Å². The van der Waals surface area contributed by atoms with Gasteiger partial charge in [0.2, 0.25) is 0 Å². The van der Waals surface area contributed by atoms with Crippen molar-refractivity contribution in [3.8, 4) is 0 Å². The number of nitrogens with one attached hydrogen (secondary N) is 1. The van der Waals surface area contributed by atoms with E-state index in [9.17, 15) is 49.3 Å². The summed E-state index contributed by atoms with van der Waals surface area (Å²) in [6, 6.07) is 27.6. The van der Waals surface area contributed by atoms with E-state index >= 15 is 0 Å². The number of amides is 1. The molecule has 14 heterocycles. The Morgan fingerprint density at radius 3 is 1.15 bits per heavy atom. The van der Waals surface area contributed by atoms with E-state index in [-0.39, 0.29) is 11.6 Å². The summed E-state index contributed by atoms with van der Waals surface area (Å²) in [6.45, 7) is 47.1. The fourth-order valence-electron chi connectivity index (χ4n) is 18.3. The number of halogens is 3. The highest BCUT2D eigenvalue weighted by molar-refractivity contribution is 6.31. The number of hydrogen-bond donors (Lipinski definition) is 9. The molecule has 0 aliphatic carbocycles. The molecule has 722 valence electrons. The highest BCUT2D eigenvalue weighted by Crippen LogP contribution is 2.35.